The van der Waals surface area contributed by atoms with E-state index in [2.05, 4.69) is 22.9 Å². The van der Waals surface area contributed by atoms with Crippen LogP contribution in [0.2, 0.25) is 5.02 Å². The van der Waals surface area contributed by atoms with Crippen LogP contribution in [0.25, 0.3) is 0 Å². The van der Waals surface area contributed by atoms with Crippen molar-refractivity contribution in [2.45, 2.75) is 26.9 Å². The van der Waals surface area contributed by atoms with Gasteiger partial charge in [0.15, 0.2) is 0 Å². The van der Waals surface area contributed by atoms with Crippen LogP contribution >= 0.6 is 11.6 Å². The highest BCUT2D eigenvalue weighted by atomic mass is 35.5. The monoisotopic (exact) mass is 299 g/mol. The van der Waals surface area contributed by atoms with E-state index in [9.17, 15) is 0 Å². The zero-order valence-corrected chi connectivity index (χ0v) is 13.1. The van der Waals surface area contributed by atoms with Gasteiger partial charge in [-0.05, 0) is 43.3 Å². The van der Waals surface area contributed by atoms with Gasteiger partial charge in [0.1, 0.15) is 0 Å². The quantitative estimate of drug-likeness (QED) is 0.839. The SMILES string of the molecule is CCN(Cc1cccc(C)n1)Cc1ccc(C#N)cc1Cl. The minimum absolute atomic E-state index is 0.590. The van der Waals surface area contributed by atoms with Gasteiger partial charge in [0.2, 0.25) is 0 Å². The predicted octanol–water partition coefficient (Wildman–Crippen LogP) is 3.94. The molecule has 0 amide bonds. The number of aryl methyl sites for hydroxylation is 1. The number of hydrogen-bond acceptors (Lipinski definition) is 3. The van der Waals surface area contributed by atoms with Crippen LogP contribution in [0.1, 0.15) is 29.4 Å². The van der Waals surface area contributed by atoms with Crippen LogP contribution in [0.3, 0.4) is 0 Å². The minimum atomic E-state index is 0.590. The molecule has 0 saturated carbocycles. The smallest absolute Gasteiger partial charge is 0.0992 e. The number of rotatable bonds is 5. The number of nitriles is 1. The average molecular weight is 300 g/mol. The van der Waals surface area contributed by atoms with E-state index in [4.69, 9.17) is 16.9 Å². The first-order valence-electron chi connectivity index (χ1n) is 6.95. The first kappa shape index (κ1) is 15.5. The van der Waals surface area contributed by atoms with E-state index in [1.807, 2.05) is 31.2 Å². The minimum Gasteiger partial charge on any atom is -0.293 e. The summed E-state index contributed by atoms with van der Waals surface area (Å²) < 4.78 is 0. The Morgan fingerprint density at radius 1 is 1.24 bits per heavy atom. The molecule has 108 valence electrons. The van der Waals surface area contributed by atoms with E-state index in [1.165, 1.54) is 0 Å². The number of nitrogens with zero attached hydrogens (tertiary/aromatic N) is 3. The van der Waals surface area contributed by atoms with Gasteiger partial charge < -0.3 is 0 Å². The highest BCUT2D eigenvalue weighted by Crippen LogP contribution is 2.20. The van der Waals surface area contributed by atoms with Gasteiger partial charge in [-0.2, -0.15) is 5.26 Å². The fourth-order valence-corrected chi connectivity index (χ4v) is 2.42. The molecule has 0 N–H and O–H groups in total. The third kappa shape index (κ3) is 4.29. The number of pyridine rings is 1. The van der Waals surface area contributed by atoms with Gasteiger partial charge in [-0.3, -0.25) is 9.88 Å². The van der Waals surface area contributed by atoms with Gasteiger partial charge in [0.25, 0.3) is 0 Å². The van der Waals surface area contributed by atoms with Gasteiger partial charge in [0, 0.05) is 23.8 Å². The van der Waals surface area contributed by atoms with Crippen LogP contribution in [-0.2, 0) is 13.1 Å². The summed E-state index contributed by atoms with van der Waals surface area (Å²) in [7, 11) is 0. The molecule has 0 aliphatic rings. The molecule has 0 radical (unpaired) electrons. The summed E-state index contributed by atoms with van der Waals surface area (Å²) in [6.45, 7) is 6.56. The van der Waals surface area contributed by atoms with E-state index < -0.39 is 0 Å². The fraction of sp³-hybridized carbons (Fsp3) is 0.294. The number of aromatic nitrogens is 1. The lowest BCUT2D eigenvalue weighted by Gasteiger charge is -2.21. The molecule has 0 saturated heterocycles. The Labute approximate surface area is 130 Å². The number of hydrogen-bond donors (Lipinski definition) is 0. The largest absolute Gasteiger partial charge is 0.293 e. The van der Waals surface area contributed by atoms with Crippen LogP contribution in [0.4, 0.5) is 0 Å². The second-order valence-corrected chi connectivity index (χ2v) is 5.40. The summed E-state index contributed by atoms with van der Waals surface area (Å²) in [5.41, 5.74) is 3.71. The normalized spacial score (nSPS) is 10.6. The first-order valence-corrected chi connectivity index (χ1v) is 7.33. The highest BCUT2D eigenvalue weighted by Gasteiger charge is 2.09. The van der Waals surface area contributed by atoms with Crippen molar-refractivity contribution in [2.24, 2.45) is 0 Å². The summed E-state index contributed by atoms with van der Waals surface area (Å²) in [6.07, 6.45) is 0. The zero-order valence-electron chi connectivity index (χ0n) is 12.3. The molecular formula is C17H18ClN3. The Morgan fingerprint density at radius 2 is 2.05 bits per heavy atom. The Balaban J connectivity index is 2.11. The molecule has 1 heterocycles. The van der Waals surface area contributed by atoms with Crippen molar-refractivity contribution >= 4 is 11.6 Å². The van der Waals surface area contributed by atoms with Crippen molar-refractivity contribution in [3.8, 4) is 6.07 Å². The molecule has 0 atom stereocenters. The van der Waals surface area contributed by atoms with Gasteiger partial charge in [-0.1, -0.05) is 30.7 Å². The lowest BCUT2D eigenvalue weighted by atomic mass is 10.1. The van der Waals surface area contributed by atoms with Crippen molar-refractivity contribution < 1.29 is 0 Å². The maximum Gasteiger partial charge on any atom is 0.0992 e. The van der Waals surface area contributed by atoms with Crippen molar-refractivity contribution in [1.82, 2.24) is 9.88 Å². The summed E-state index contributed by atoms with van der Waals surface area (Å²) in [5, 5.41) is 9.52. The second kappa shape index (κ2) is 7.21. The lowest BCUT2D eigenvalue weighted by molar-refractivity contribution is 0.268. The Bertz CT molecular complexity index is 661. The van der Waals surface area contributed by atoms with Gasteiger partial charge >= 0.3 is 0 Å². The van der Waals surface area contributed by atoms with Crippen LogP contribution in [0.5, 0.6) is 0 Å². The predicted molar refractivity (Wildman–Crippen MR) is 84.9 cm³/mol. The van der Waals surface area contributed by atoms with Gasteiger partial charge in [0.05, 0.1) is 17.3 Å². The average Bonchev–Trinajstić information content (AvgIpc) is 2.48. The summed E-state index contributed by atoms with van der Waals surface area (Å²) in [4.78, 5) is 6.81. The molecule has 1 aromatic carbocycles. The molecular weight excluding hydrogens is 282 g/mol. The molecule has 0 unspecified atom stereocenters. The van der Waals surface area contributed by atoms with Crippen LogP contribution in [0, 0.1) is 18.3 Å². The summed E-state index contributed by atoms with van der Waals surface area (Å²) in [5.74, 6) is 0. The topological polar surface area (TPSA) is 39.9 Å². The Kier molecular flexibility index (Phi) is 5.32. The van der Waals surface area contributed by atoms with Crippen LogP contribution in [-0.4, -0.2) is 16.4 Å². The van der Waals surface area contributed by atoms with Crippen LogP contribution < -0.4 is 0 Å². The molecule has 0 aliphatic carbocycles. The third-order valence-electron chi connectivity index (χ3n) is 3.35. The highest BCUT2D eigenvalue weighted by molar-refractivity contribution is 6.31. The standard InChI is InChI=1S/C17H18ClN3/c1-3-21(12-16-6-4-5-13(2)20-16)11-15-8-7-14(10-19)9-17(15)18/h4-9H,3,11-12H2,1-2H3. The summed E-state index contributed by atoms with van der Waals surface area (Å²) in [6, 6.07) is 13.6. The molecule has 0 bridgehead atoms. The molecule has 1 aromatic heterocycles. The molecule has 4 heteroatoms. The first-order chi connectivity index (χ1) is 10.1. The third-order valence-corrected chi connectivity index (χ3v) is 3.71. The zero-order chi connectivity index (χ0) is 15.2. The Morgan fingerprint density at radius 3 is 2.67 bits per heavy atom. The molecule has 0 spiro atoms. The molecule has 21 heavy (non-hydrogen) atoms. The molecule has 2 rings (SSSR count). The van der Waals surface area contributed by atoms with Gasteiger partial charge in [-0.25, -0.2) is 0 Å². The molecule has 2 aromatic rings. The van der Waals surface area contributed by atoms with E-state index in [-0.39, 0.29) is 0 Å². The fourth-order valence-electron chi connectivity index (χ4n) is 2.18. The maximum atomic E-state index is 8.87. The van der Waals surface area contributed by atoms with E-state index in [0.29, 0.717) is 10.6 Å². The van der Waals surface area contributed by atoms with Crippen molar-refractivity contribution in [1.29, 1.82) is 5.26 Å². The molecule has 0 fully saturated rings. The summed E-state index contributed by atoms with van der Waals surface area (Å²) >= 11 is 6.24. The van der Waals surface area contributed by atoms with E-state index in [0.717, 1.165) is 36.6 Å². The van der Waals surface area contributed by atoms with Crippen molar-refractivity contribution in [3.63, 3.8) is 0 Å². The van der Waals surface area contributed by atoms with E-state index in [1.54, 1.807) is 12.1 Å². The van der Waals surface area contributed by atoms with Crippen molar-refractivity contribution in [2.75, 3.05) is 6.54 Å². The van der Waals surface area contributed by atoms with Crippen molar-refractivity contribution in [3.05, 3.63) is 63.9 Å². The lowest BCUT2D eigenvalue weighted by Crippen LogP contribution is -2.23. The second-order valence-electron chi connectivity index (χ2n) is 4.99. The van der Waals surface area contributed by atoms with Gasteiger partial charge in [-0.15, -0.1) is 0 Å². The number of benzene rings is 1. The molecule has 3 nitrogen and oxygen atoms in total. The Hall–Kier alpha value is -1.89. The van der Waals surface area contributed by atoms with Crippen LogP contribution in [0.15, 0.2) is 36.4 Å². The molecule has 0 aliphatic heterocycles. The van der Waals surface area contributed by atoms with E-state index >= 15 is 0 Å². The maximum absolute atomic E-state index is 8.87. The number of halogens is 1.